The molecular formula is C11H14N2O2. The van der Waals surface area contributed by atoms with Crippen molar-refractivity contribution in [1.29, 1.82) is 0 Å². The lowest BCUT2D eigenvalue weighted by Gasteiger charge is -2.28. The SMILES string of the molecule is CCCC1(c2ccncc2N)OC=CO1. The topological polar surface area (TPSA) is 57.4 Å². The van der Waals surface area contributed by atoms with E-state index in [9.17, 15) is 0 Å². The zero-order valence-corrected chi connectivity index (χ0v) is 8.64. The van der Waals surface area contributed by atoms with Crippen LogP contribution in [0.3, 0.4) is 0 Å². The van der Waals surface area contributed by atoms with Crippen molar-refractivity contribution in [3.05, 3.63) is 36.5 Å². The molecule has 0 atom stereocenters. The summed E-state index contributed by atoms with van der Waals surface area (Å²) in [4.78, 5) is 3.95. The fourth-order valence-electron chi connectivity index (χ4n) is 1.77. The maximum atomic E-state index is 5.87. The molecule has 0 bridgehead atoms. The predicted octanol–water partition coefficient (Wildman–Crippen LogP) is 2.13. The molecule has 0 amide bonds. The van der Waals surface area contributed by atoms with Crippen molar-refractivity contribution in [2.45, 2.75) is 25.6 Å². The summed E-state index contributed by atoms with van der Waals surface area (Å²) >= 11 is 0. The minimum atomic E-state index is -0.748. The van der Waals surface area contributed by atoms with Crippen molar-refractivity contribution in [1.82, 2.24) is 4.98 Å². The van der Waals surface area contributed by atoms with Crippen molar-refractivity contribution in [2.75, 3.05) is 5.73 Å². The van der Waals surface area contributed by atoms with Gasteiger partial charge in [-0.2, -0.15) is 0 Å². The van der Waals surface area contributed by atoms with E-state index in [4.69, 9.17) is 15.2 Å². The van der Waals surface area contributed by atoms with Crippen LogP contribution in [0.15, 0.2) is 31.0 Å². The summed E-state index contributed by atoms with van der Waals surface area (Å²) in [6, 6.07) is 1.83. The number of nitrogens with two attached hydrogens (primary N) is 1. The van der Waals surface area contributed by atoms with E-state index in [0.717, 1.165) is 18.4 Å². The molecule has 1 aliphatic rings. The Bertz CT molecular complexity index is 369. The van der Waals surface area contributed by atoms with E-state index in [0.29, 0.717) is 5.69 Å². The van der Waals surface area contributed by atoms with Crippen molar-refractivity contribution in [2.24, 2.45) is 0 Å². The second-order valence-corrected chi connectivity index (χ2v) is 3.47. The summed E-state index contributed by atoms with van der Waals surface area (Å²) in [7, 11) is 0. The fourth-order valence-corrected chi connectivity index (χ4v) is 1.77. The number of ether oxygens (including phenoxy) is 2. The lowest BCUT2D eigenvalue weighted by Crippen LogP contribution is -2.28. The highest BCUT2D eigenvalue weighted by atomic mass is 16.7. The summed E-state index contributed by atoms with van der Waals surface area (Å²) in [6.07, 6.45) is 8.11. The van der Waals surface area contributed by atoms with E-state index in [-0.39, 0.29) is 0 Å². The molecule has 4 nitrogen and oxygen atoms in total. The average molecular weight is 206 g/mol. The van der Waals surface area contributed by atoms with E-state index in [2.05, 4.69) is 11.9 Å². The molecule has 0 aromatic carbocycles. The number of anilines is 1. The average Bonchev–Trinajstić information content (AvgIpc) is 2.69. The van der Waals surface area contributed by atoms with Gasteiger partial charge in [-0.15, -0.1) is 0 Å². The number of hydrogen-bond acceptors (Lipinski definition) is 4. The standard InChI is InChI=1S/C11H14N2O2/c1-2-4-11(14-6-7-15-11)9-3-5-13-8-10(9)12/h3,5-8H,2,4,12H2,1H3. The van der Waals surface area contributed by atoms with Gasteiger partial charge in [-0.3, -0.25) is 4.98 Å². The first-order valence-electron chi connectivity index (χ1n) is 4.99. The molecule has 1 aliphatic heterocycles. The summed E-state index contributed by atoms with van der Waals surface area (Å²) in [5, 5.41) is 0. The third-order valence-corrected chi connectivity index (χ3v) is 2.41. The van der Waals surface area contributed by atoms with Gasteiger partial charge in [-0.25, -0.2) is 0 Å². The van der Waals surface area contributed by atoms with Crippen molar-refractivity contribution >= 4 is 5.69 Å². The maximum absolute atomic E-state index is 5.87. The predicted molar refractivity (Wildman–Crippen MR) is 56.5 cm³/mol. The largest absolute Gasteiger partial charge is 0.453 e. The number of rotatable bonds is 3. The van der Waals surface area contributed by atoms with Crippen LogP contribution in [-0.2, 0) is 15.3 Å². The van der Waals surface area contributed by atoms with E-state index < -0.39 is 5.79 Å². The van der Waals surface area contributed by atoms with Crippen molar-refractivity contribution < 1.29 is 9.47 Å². The number of pyridine rings is 1. The van der Waals surface area contributed by atoms with Crippen LogP contribution in [0.2, 0.25) is 0 Å². The fraction of sp³-hybridized carbons (Fsp3) is 0.364. The van der Waals surface area contributed by atoms with Crippen molar-refractivity contribution in [3.63, 3.8) is 0 Å². The van der Waals surface area contributed by atoms with Crippen LogP contribution in [0.1, 0.15) is 25.3 Å². The Hall–Kier alpha value is -1.71. The van der Waals surface area contributed by atoms with E-state index in [1.807, 2.05) is 6.07 Å². The van der Waals surface area contributed by atoms with Gasteiger partial charge >= 0.3 is 0 Å². The number of aromatic nitrogens is 1. The first-order chi connectivity index (χ1) is 7.28. The Morgan fingerprint density at radius 2 is 2.13 bits per heavy atom. The van der Waals surface area contributed by atoms with E-state index in [1.165, 1.54) is 0 Å². The second kappa shape index (κ2) is 3.81. The minimum Gasteiger partial charge on any atom is -0.453 e. The third kappa shape index (κ3) is 1.63. The summed E-state index contributed by atoms with van der Waals surface area (Å²) in [5.41, 5.74) is 7.30. The molecule has 0 fully saturated rings. The van der Waals surface area contributed by atoms with Crippen LogP contribution in [0, 0.1) is 0 Å². The molecule has 2 heterocycles. The maximum Gasteiger partial charge on any atom is 0.278 e. The van der Waals surface area contributed by atoms with Gasteiger partial charge in [-0.1, -0.05) is 6.92 Å². The molecule has 2 N–H and O–H groups in total. The molecule has 2 rings (SSSR count). The Morgan fingerprint density at radius 3 is 2.73 bits per heavy atom. The van der Waals surface area contributed by atoms with Crippen LogP contribution in [0.4, 0.5) is 5.69 Å². The van der Waals surface area contributed by atoms with Gasteiger partial charge in [0.25, 0.3) is 5.79 Å². The minimum absolute atomic E-state index is 0.592. The highest BCUT2D eigenvalue weighted by molar-refractivity contribution is 5.47. The molecule has 0 saturated carbocycles. The quantitative estimate of drug-likeness (QED) is 0.823. The number of nitrogen functional groups attached to an aromatic ring is 1. The smallest absolute Gasteiger partial charge is 0.278 e. The molecule has 0 radical (unpaired) electrons. The zero-order chi connectivity index (χ0) is 10.7. The highest BCUT2D eigenvalue weighted by Crippen LogP contribution is 2.38. The van der Waals surface area contributed by atoms with Crippen molar-refractivity contribution in [3.8, 4) is 0 Å². The highest BCUT2D eigenvalue weighted by Gasteiger charge is 2.38. The monoisotopic (exact) mass is 206 g/mol. The van der Waals surface area contributed by atoms with Gasteiger partial charge < -0.3 is 15.2 Å². The van der Waals surface area contributed by atoms with Gasteiger partial charge in [-0.05, 0) is 12.5 Å². The Labute approximate surface area is 88.7 Å². The van der Waals surface area contributed by atoms with Gasteiger partial charge in [0.2, 0.25) is 0 Å². The van der Waals surface area contributed by atoms with Crippen LogP contribution in [0.5, 0.6) is 0 Å². The molecule has 0 aliphatic carbocycles. The van der Waals surface area contributed by atoms with Gasteiger partial charge in [0.15, 0.2) is 0 Å². The summed E-state index contributed by atoms with van der Waals surface area (Å²) in [6.45, 7) is 2.07. The van der Waals surface area contributed by atoms with Gasteiger partial charge in [0.05, 0.1) is 17.4 Å². The molecule has 0 saturated heterocycles. The lowest BCUT2D eigenvalue weighted by atomic mass is 10.0. The normalized spacial score (nSPS) is 17.1. The molecule has 15 heavy (non-hydrogen) atoms. The molecular weight excluding hydrogens is 192 g/mol. The lowest BCUT2D eigenvalue weighted by molar-refractivity contribution is -0.154. The number of nitrogens with zero attached hydrogens (tertiary/aromatic N) is 1. The summed E-state index contributed by atoms with van der Waals surface area (Å²) < 4.78 is 11.1. The van der Waals surface area contributed by atoms with E-state index >= 15 is 0 Å². The van der Waals surface area contributed by atoms with Crippen LogP contribution in [0.25, 0.3) is 0 Å². The molecule has 1 aromatic heterocycles. The first-order valence-corrected chi connectivity index (χ1v) is 4.99. The van der Waals surface area contributed by atoms with Gasteiger partial charge in [0.1, 0.15) is 12.5 Å². The molecule has 80 valence electrons. The van der Waals surface area contributed by atoms with Gasteiger partial charge in [0, 0.05) is 12.6 Å². The number of hydrogen-bond donors (Lipinski definition) is 1. The second-order valence-electron chi connectivity index (χ2n) is 3.47. The summed E-state index contributed by atoms with van der Waals surface area (Å²) in [5.74, 6) is -0.748. The Kier molecular flexibility index (Phi) is 2.49. The molecule has 0 unspecified atom stereocenters. The van der Waals surface area contributed by atoms with Crippen LogP contribution >= 0.6 is 0 Å². The third-order valence-electron chi connectivity index (χ3n) is 2.41. The van der Waals surface area contributed by atoms with Crippen LogP contribution in [-0.4, -0.2) is 4.98 Å². The zero-order valence-electron chi connectivity index (χ0n) is 8.64. The molecule has 4 heteroatoms. The van der Waals surface area contributed by atoms with E-state index in [1.54, 1.807) is 24.9 Å². The Morgan fingerprint density at radius 1 is 1.40 bits per heavy atom. The first kappa shape index (κ1) is 9.83. The Balaban J connectivity index is 2.37. The molecule has 0 spiro atoms. The van der Waals surface area contributed by atoms with Crippen LogP contribution < -0.4 is 5.73 Å². The molecule has 1 aromatic rings.